The van der Waals surface area contributed by atoms with Crippen molar-refractivity contribution in [3.8, 4) is 55.6 Å². The molecule has 0 unspecified atom stereocenters. The molecule has 57 heavy (non-hydrogen) atoms. The molecule has 268 valence electrons. The Morgan fingerprint density at radius 1 is 0.228 bits per heavy atom. The van der Waals surface area contributed by atoms with E-state index >= 15 is 0 Å². The topological polar surface area (TPSA) is 3.24 Å². The molecule has 0 saturated carbocycles. The monoisotopic (exact) mass is 725 g/mol. The molecule has 0 aliphatic carbocycles. The largest absolute Gasteiger partial charge is 0.310 e. The van der Waals surface area contributed by atoms with Crippen LogP contribution in [0.25, 0.3) is 77.2 Å². The number of fused-ring (bicyclic) bond motifs is 3. The van der Waals surface area contributed by atoms with Crippen LogP contribution >= 0.6 is 0 Å². The van der Waals surface area contributed by atoms with Gasteiger partial charge in [0.2, 0.25) is 0 Å². The van der Waals surface area contributed by atoms with Crippen LogP contribution in [0.2, 0.25) is 0 Å². The van der Waals surface area contributed by atoms with Gasteiger partial charge < -0.3 is 4.90 Å². The van der Waals surface area contributed by atoms with Crippen molar-refractivity contribution >= 4 is 38.6 Å². The minimum atomic E-state index is 1.09. The smallest absolute Gasteiger partial charge is 0.0546 e. The molecule has 0 spiro atoms. The molecular formula is C56H39N. The molecular weight excluding hydrogens is 687 g/mol. The highest BCUT2D eigenvalue weighted by Gasteiger charge is 2.20. The molecule has 1 nitrogen and oxygen atoms in total. The zero-order valence-electron chi connectivity index (χ0n) is 31.5. The highest BCUT2D eigenvalue weighted by molar-refractivity contribution is 6.14. The zero-order valence-corrected chi connectivity index (χ0v) is 31.5. The van der Waals surface area contributed by atoms with Crippen LogP contribution in [0.4, 0.5) is 17.1 Å². The van der Waals surface area contributed by atoms with Crippen molar-refractivity contribution in [2.24, 2.45) is 0 Å². The van der Waals surface area contributed by atoms with Crippen molar-refractivity contribution in [3.63, 3.8) is 0 Å². The summed E-state index contributed by atoms with van der Waals surface area (Å²) < 4.78 is 0. The lowest BCUT2D eigenvalue weighted by atomic mass is 9.91. The van der Waals surface area contributed by atoms with Gasteiger partial charge in [-0.2, -0.15) is 0 Å². The SMILES string of the molecule is c1ccc(-c2ccc(-c3ccc(N(c4ccc(-c5ccccc5)cc4)c4cc5ccccc5c5ccccc45)cc3-c3ccc(-c4ccccc4)cc3)cc2)cc1. The van der Waals surface area contributed by atoms with E-state index in [2.05, 4.69) is 241 Å². The van der Waals surface area contributed by atoms with E-state index in [1.807, 2.05) is 0 Å². The first kappa shape index (κ1) is 34.0. The van der Waals surface area contributed by atoms with Gasteiger partial charge in [-0.3, -0.25) is 0 Å². The summed E-state index contributed by atoms with van der Waals surface area (Å²) in [5.74, 6) is 0. The summed E-state index contributed by atoms with van der Waals surface area (Å²) in [7, 11) is 0. The molecule has 0 bridgehead atoms. The van der Waals surface area contributed by atoms with Crippen LogP contribution in [-0.2, 0) is 0 Å². The summed E-state index contributed by atoms with van der Waals surface area (Å²) in [6, 6.07) is 85.7. The maximum Gasteiger partial charge on any atom is 0.0546 e. The summed E-state index contributed by atoms with van der Waals surface area (Å²) >= 11 is 0. The van der Waals surface area contributed by atoms with Gasteiger partial charge in [-0.25, -0.2) is 0 Å². The maximum atomic E-state index is 2.44. The molecule has 0 aliphatic rings. The van der Waals surface area contributed by atoms with Crippen molar-refractivity contribution in [2.45, 2.75) is 0 Å². The molecule has 10 rings (SSSR count). The molecule has 0 aliphatic heterocycles. The molecule has 0 atom stereocenters. The van der Waals surface area contributed by atoms with Crippen LogP contribution < -0.4 is 4.90 Å². The molecule has 0 radical (unpaired) electrons. The Balaban J connectivity index is 1.17. The molecule has 0 heterocycles. The third kappa shape index (κ3) is 6.66. The fourth-order valence-corrected chi connectivity index (χ4v) is 8.19. The molecule has 0 fully saturated rings. The fourth-order valence-electron chi connectivity index (χ4n) is 8.19. The Kier molecular flexibility index (Phi) is 8.95. The number of rotatable bonds is 8. The first-order valence-electron chi connectivity index (χ1n) is 19.6. The van der Waals surface area contributed by atoms with Gasteiger partial charge in [0.15, 0.2) is 0 Å². The number of anilines is 3. The molecule has 0 aromatic heterocycles. The van der Waals surface area contributed by atoms with Crippen LogP contribution in [0.15, 0.2) is 237 Å². The van der Waals surface area contributed by atoms with Gasteiger partial charge in [0.05, 0.1) is 5.69 Å². The van der Waals surface area contributed by atoms with E-state index in [1.54, 1.807) is 0 Å². The highest BCUT2D eigenvalue weighted by Crippen LogP contribution is 2.45. The maximum absolute atomic E-state index is 2.44. The van der Waals surface area contributed by atoms with Gasteiger partial charge >= 0.3 is 0 Å². The lowest BCUT2D eigenvalue weighted by Crippen LogP contribution is -2.11. The van der Waals surface area contributed by atoms with Gasteiger partial charge in [-0.15, -0.1) is 0 Å². The van der Waals surface area contributed by atoms with E-state index in [0.29, 0.717) is 0 Å². The average molecular weight is 726 g/mol. The van der Waals surface area contributed by atoms with Crippen LogP contribution in [0.3, 0.4) is 0 Å². The van der Waals surface area contributed by atoms with Gasteiger partial charge in [0.25, 0.3) is 0 Å². The van der Waals surface area contributed by atoms with Crippen molar-refractivity contribution in [1.82, 2.24) is 0 Å². The number of benzene rings is 10. The Morgan fingerprint density at radius 3 is 1.16 bits per heavy atom. The second-order valence-corrected chi connectivity index (χ2v) is 14.5. The molecule has 10 aromatic carbocycles. The standard InChI is InChI=1S/C56H39N/c1-4-14-40(15-5-1)43-24-28-46(29-25-43)52-37-36-50(39-55(52)47-30-26-44(27-31-47)41-16-6-2-7-17-41)57(49-34-32-45(33-35-49)42-18-8-3-9-19-42)56-38-48-20-10-11-21-51(48)53-22-12-13-23-54(53)56/h1-39H. The van der Waals surface area contributed by atoms with Gasteiger partial charge in [-0.1, -0.05) is 206 Å². The molecule has 0 N–H and O–H groups in total. The lowest BCUT2D eigenvalue weighted by Gasteiger charge is -2.29. The minimum absolute atomic E-state index is 1.09. The van der Waals surface area contributed by atoms with Crippen LogP contribution in [0.1, 0.15) is 0 Å². The molecule has 10 aromatic rings. The summed E-state index contributed by atoms with van der Waals surface area (Å²) in [5.41, 5.74) is 15.3. The normalized spacial score (nSPS) is 11.2. The third-order valence-electron chi connectivity index (χ3n) is 11.1. The summed E-state index contributed by atoms with van der Waals surface area (Å²) in [6.45, 7) is 0. The van der Waals surface area contributed by atoms with Crippen molar-refractivity contribution < 1.29 is 0 Å². The van der Waals surface area contributed by atoms with E-state index in [0.717, 1.165) is 17.1 Å². The van der Waals surface area contributed by atoms with Gasteiger partial charge in [-0.05, 0) is 102 Å². The zero-order chi connectivity index (χ0) is 38.0. The summed E-state index contributed by atoms with van der Waals surface area (Å²) in [6.07, 6.45) is 0. The first-order valence-corrected chi connectivity index (χ1v) is 19.6. The molecule has 0 amide bonds. The van der Waals surface area contributed by atoms with Crippen LogP contribution in [0.5, 0.6) is 0 Å². The van der Waals surface area contributed by atoms with Crippen LogP contribution in [-0.4, -0.2) is 0 Å². The molecule has 1 heteroatoms. The van der Waals surface area contributed by atoms with E-state index in [9.17, 15) is 0 Å². The van der Waals surface area contributed by atoms with Crippen molar-refractivity contribution in [2.75, 3.05) is 4.90 Å². The van der Waals surface area contributed by atoms with Crippen LogP contribution in [0, 0.1) is 0 Å². The average Bonchev–Trinajstić information content (AvgIpc) is 3.30. The van der Waals surface area contributed by atoms with Crippen molar-refractivity contribution in [1.29, 1.82) is 0 Å². The predicted molar refractivity (Wildman–Crippen MR) is 243 cm³/mol. The summed E-state index contributed by atoms with van der Waals surface area (Å²) in [4.78, 5) is 2.44. The quantitative estimate of drug-likeness (QED) is 0.141. The highest BCUT2D eigenvalue weighted by atomic mass is 15.1. The second kappa shape index (κ2) is 15.0. The molecule has 0 saturated heterocycles. The van der Waals surface area contributed by atoms with E-state index in [-0.39, 0.29) is 0 Å². The van der Waals surface area contributed by atoms with E-state index in [1.165, 1.54) is 77.2 Å². The lowest BCUT2D eigenvalue weighted by molar-refractivity contribution is 1.30. The van der Waals surface area contributed by atoms with Gasteiger partial charge in [0.1, 0.15) is 0 Å². The number of nitrogens with zero attached hydrogens (tertiary/aromatic N) is 1. The number of hydrogen-bond donors (Lipinski definition) is 0. The Hall–Kier alpha value is -7.48. The fraction of sp³-hybridized carbons (Fsp3) is 0. The summed E-state index contributed by atoms with van der Waals surface area (Å²) in [5, 5.41) is 4.91. The Morgan fingerprint density at radius 2 is 0.614 bits per heavy atom. The van der Waals surface area contributed by atoms with E-state index < -0.39 is 0 Å². The predicted octanol–water partition coefficient (Wildman–Crippen LogP) is 15.8. The van der Waals surface area contributed by atoms with Gasteiger partial charge in [0, 0.05) is 16.8 Å². The van der Waals surface area contributed by atoms with E-state index in [4.69, 9.17) is 0 Å². The second-order valence-electron chi connectivity index (χ2n) is 14.5. The Labute approximate surface area is 334 Å². The minimum Gasteiger partial charge on any atom is -0.310 e. The third-order valence-corrected chi connectivity index (χ3v) is 11.1. The first-order chi connectivity index (χ1) is 28.3. The Bertz CT molecular complexity index is 2950. The van der Waals surface area contributed by atoms with Crippen molar-refractivity contribution in [3.05, 3.63) is 237 Å². The number of hydrogen-bond acceptors (Lipinski definition) is 1.